The van der Waals surface area contributed by atoms with Gasteiger partial charge in [0.05, 0.1) is 5.56 Å². The Bertz CT molecular complexity index is 1140. The smallest absolute Gasteiger partial charge is 0.208 e. The quantitative estimate of drug-likeness (QED) is 0.210. The van der Waals surface area contributed by atoms with E-state index in [-0.39, 0.29) is 5.56 Å². The molecule has 0 spiro atoms. The standard InChI is InChI=1S/C18H12BrNO5/c19-8-2-4-12-10(6-8)9-5-7(1-3-11(9)20-12)13-14(21)16(23)18(25)17(24)15(13)22/h1-6,20-25H. The molecule has 126 valence electrons. The van der Waals surface area contributed by atoms with Gasteiger partial charge < -0.3 is 30.5 Å². The first-order valence-corrected chi connectivity index (χ1v) is 8.08. The molecule has 4 rings (SSSR count). The second-order valence-corrected chi connectivity index (χ2v) is 6.61. The number of benzene rings is 3. The van der Waals surface area contributed by atoms with Crippen LogP contribution in [0.1, 0.15) is 0 Å². The van der Waals surface area contributed by atoms with Gasteiger partial charge in [0.25, 0.3) is 0 Å². The summed E-state index contributed by atoms with van der Waals surface area (Å²) in [5.41, 5.74) is 1.97. The number of halogens is 1. The molecule has 0 atom stereocenters. The fourth-order valence-electron chi connectivity index (χ4n) is 2.98. The number of fused-ring (bicyclic) bond motifs is 3. The number of hydrogen-bond donors (Lipinski definition) is 6. The van der Waals surface area contributed by atoms with Crippen molar-refractivity contribution >= 4 is 37.7 Å². The maximum Gasteiger partial charge on any atom is 0.208 e. The minimum Gasteiger partial charge on any atom is -0.504 e. The first-order valence-electron chi connectivity index (χ1n) is 7.28. The molecule has 0 radical (unpaired) electrons. The summed E-state index contributed by atoms with van der Waals surface area (Å²) in [5, 5.41) is 51.0. The fraction of sp³-hybridized carbons (Fsp3) is 0. The fourth-order valence-corrected chi connectivity index (χ4v) is 3.34. The van der Waals surface area contributed by atoms with Crippen LogP contribution in [0.2, 0.25) is 0 Å². The van der Waals surface area contributed by atoms with E-state index in [9.17, 15) is 25.5 Å². The second-order valence-electron chi connectivity index (χ2n) is 5.69. The van der Waals surface area contributed by atoms with Gasteiger partial charge in [0, 0.05) is 26.3 Å². The van der Waals surface area contributed by atoms with Gasteiger partial charge in [-0.15, -0.1) is 0 Å². The molecule has 7 heteroatoms. The van der Waals surface area contributed by atoms with E-state index < -0.39 is 28.7 Å². The van der Waals surface area contributed by atoms with E-state index >= 15 is 0 Å². The highest BCUT2D eigenvalue weighted by Gasteiger charge is 2.24. The van der Waals surface area contributed by atoms with Crippen molar-refractivity contribution in [3.8, 4) is 39.9 Å². The summed E-state index contributed by atoms with van der Waals surface area (Å²) in [4.78, 5) is 3.26. The second kappa shape index (κ2) is 5.22. The van der Waals surface area contributed by atoms with Crippen LogP contribution in [0.3, 0.4) is 0 Å². The van der Waals surface area contributed by atoms with Crippen LogP contribution in [0.4, 0.5) is 0 Å². The van der Waals surface area contributed by atoms with Crippen molar-refractivity contribution in [1.29, 1.82) is 0 Å². The summed E-state index contributed by atoms with van der Waals surface area (Å²) in [6.07, 6.45) is 0. The molecule has 0 unspecified atom stereocenters. The monoisotopic (exact) mass is 401 g/mol. The number of hydrogen-bond acceptors (Lipinski definition) is 5. The van der Waals surface area contributed by atoms with Crippen molar-refractivity contribution in [1.82, 2.24) is 4.98 Å². The van der Waals surface area contributed by atoms with Crippen LogP contribution >= 0.6 is 15.9 Å². The molecule has 0 amide bonds. The highest BCUT2D eigenvalue weighted by Crippen LogP contribution is 2.54. The summed E-state index contributed by atoms with van der Waals surface area (Å²) in [5.74, 6) is -4.20. The number of phenols is 5. The van der Waals surface area contributed by atoms with Crippen LogP contribution in [0.5, 0.6) is 28.7 Å². The van der Waals surface area contributed by atoms with Crippen molar-refractivity contribution < 1.29 is 25.5 Å². The molecule has 0 aliphatic rings. The van der Waals surface area contributed by atoms with Gasteiger partial charge in [0.2, 0.25) is 17.2 Å². The predicted molar refractivity (Wildman–Crippen MR) is 97.3 cm³/mol. The average molecular weight is 402 g/mol. The van der Waals surface area contributed by atoms with Crippen LogP contribution in [0, 0.1) is 0 Å². The summed E-state index contributed by atoms with van der Waals surface area (Å²) in [7, 11) is 0. The topological polar surface area (TPSA) is 117 Å². The minimum absolute atomic E-state index is 0.168. The normalized spacial score (nSPS) is 11.4. The third-order valence-corrected chi connectivity index (χ3v) is 4.71. The first-order chi connectivity index (χ1) is 11.9. The summed E-state index contributed by atoms with van der Waals surface area (Å²) in [6, 6.07) is 10.9. The van der Waals surface area contributed by atoms with E-state index in [1.807, 2.05) is 18.2 Å². The molecule has 0 saturated heterocycles. The molecular weight excluding hydrogens is 390 g/mol. The van der Waals surface area contributed by atoms with Crippen LogP contribution in [0.25, 0.3) is 32.9 Å². The Balaban J connectivity index is 2.06. The Labute approximate surface area is 149 Å². The number of rotatable bonds is 1. The van der Waals surface area contributed by atoms with Crippen molar-refractivity contribution in [2.45, 2.75) is 0 Å². The van der Waals surface area contributed by atoms with Gasteiger partial charge in [0.1, 0.15) is 0 Å². The van der Waals surface area contributed by atoms with Gasteiger partial charge in [0.15, 0.2) is 11.5 Å². The first kappa shape index (κ1) is 15.5. The molecule has 4 aromatic rings. The van der Waals surface area contributed by atoms with Crippen molar-refractivity contribution in [2.24, 2.45) is 0 Å². The van der Waals surface area contributed by atoms with Gasteiger partial charge in [-0.05, 0) is 35.9 Å². The molecule has 6 nitrogen and oxygen atoms in total. The van der Waals surface area contributed by atoms with Gasteiger partial charge in [-0.3, -0.25) is 0 Å². The summed E-state index contributed by atoms with van der Waals surface area (Å²) >= 11 is 3.43. The van der Waals surface area contributed by atoms with E-state index in [0.29, 0.717) is 5.56 Å². The molecule has 0 aliphatic heterocycles. The highest BCUT2D eigenvalue weighted by molar-refractivity contribution is 9.10. The number of aromatic hydroxyl groups is 5. The van der Waals surface area contributed by atoms with Gasteiger partial charge >= 0.3 is 0 Å². The molecule has 0 bridgehead atoms. The van der Waals surface area contributed by atoms with Crippen molar-refractivity contribution in [3.05, 3.63) is 40.9 Å². The Kier molecular flexibility index (Phi) is 3.23. The van der Waals surface area contributed by atoms with E-state index in [2.05, 4.69) is 20.9 Å². The van der Waals surface area contributed by atoms with Crippen molar-refractivity contribution in [3.63, 3.8) is 0 Å². The van der Waals surface area contributed by atoms with Gasteiger partial charge in [-0.2, -0.15) is 0 Å². The summed E-state index contributed by atoms with van der Waals surface area (Å²) < 4.78 is 0.900. The number of nitrogens with one attached hydrogen (secondary N) is 1. The number of H-pyrrole nitrogens is 1. The molecule has 6 N–H and O–H groups in total. The van der Waals surface area contributed by atoms with Gasteiger partial charge in [-0.25, -0.2) is 0 Å². The van der Waals surface area contributed by atoms with E-state index in [1.54, 1.807) is 18.2 Å². The lowest BCUT2D eigenvalue weighted by Crippen LogP contribution is -1.84. The zero-order valence-electron chi connectivity index (χ0n) is 12.6. The zero-order valence-corrected chi connectivity index (χ0v) is 14.2. The molecule has 3 aromatic carbocycles. The van der Waals surface area contributed by atoms with Gasteiger partial charge in [-0.1, -0.05) is 22.0 Å². The molecule has 1 aromatic heterocycles. The van der Waals surface area contributed by atoms with E-state index in [1.165, 1.54) is 0 Å². The van der Waals surface area contributed by atoms with Crippen LogP contribution in [-0.4, -0.2) is 30.5 Å². The molecule has 0 saturated carbocycles. The lowest BCUT2D eigenvalue weighted by molar-refractivity contribution is 0.330. The van der Waals surface area contributed by atoms with E-state index in [4.69, 9.17) is 0 Å². The summed E-state index contributed by atoms with van der Waals surface area (Å²) in [6.45, 7) is 0. The Hall–Kier alpha value is -3.06. The lowest BCUT2D eigenvalue weighted by atomic mass is 9.99. The van der Waals surface area contributed by atoms with Crippen molar-refractivity contribution in [2.75, 3.05) is 0 Å². The molecule has 0 fully saturated rings. The Morgan fingerprint density at radius 1 is 0.640 bits per heavy atom. The average Bonchev–Trinajstić information content (AvgIpc) is 2.96. The molecular formula is C18H12BrNO5. The van der Waals surface area contributed by atoms with E-state index in [0.717, 1.165) is 26.3 Å². The van der Waals surface area contributed by atoms with Crippen LogP contribution in [-0.2, 0) is 0 Å². The Morgan fingerprint density at radius 3 is 1.80 bits per heavy atom. The number of aromatic amines is 1. The van der Waals surface area contributed by atoms with Crippen LogP contribution < -0.4 is 0 Å². The number of phenolic OH excluding ortho intramolecular Hbond substituents is 5. The Morgan fingerprint density at radius 2 is 1.16 bits per heavy atom. The highest BCUT2D eigenvalue weighted by atomic mass is 79.9. The zero-order chi connectivity index (χ0) is 17.9. The number of aromatic nitrogens is 1. The predicted octanol–water partition coefficient (Wildman–Crippen LogP) is 4.28. The molecule has 0 aliphatic carbocycles. The third-order valence-electron chi connectivity index (χ3n) is 4.22. The molecule has 1 heterocycles. The minimum atomic E-state index is -0.976. The third kappa shape index (κ3) is 2.16. The SMILES string of the molecule is Oc1c(O)c(O)c(-c2ccc3[nH]c4ccc(Br)cc4c3c2)c(O)c1O. The molecule has 25 heavy (non-hydrogen) atoms. The largest absolute Gasteiger partial charge is 0.504 e. The lowest BCUT2D eigenvalue weighted by Gasteiger charge is -2.12. The maximum absolute atomic E-state index is 10.1. The van der Waals surface area contributed by atoms with Crippen LogP contribution in [0.15, 0.2) is 40.9 Å². The maximum atomic E-state index is 10.1.